The molecule has 0 heterocycles. The molecule has 3 aromatic carbocycles. The number of benzene rings is 3. The first-order chi connectivity index (χ1) is 17.5. The van der Waals surface area contributed by atoms with Crippen LogP contribution in [0.1, 0.15) is 11.1 Å². The van der Waals surface area contributed by atoms with Crippen molar-refractivity contribution in [2.45, 2.75) is 13.1 Å². The van der Waals surface area contributed by atoms with E-state index in [4.69, 9.17) is 40.6 Å². The van der Waals surface area contributed by atoms with Gasteiger partial charge in [-0.15, -0.1) is 0 Å². The Morgan fingerprint density at radius 3 is 1.89 bits per heavy atom. The van der Waals surface area contributed by atoms with Crippen LogP contribution in [0.25, 0.3) is 0 Å². The third kappa shape index (κ3) is 6.23. The predicted octanol–water partition coefficient (Wildman–Crippen LogP) is 5.14. The van der Waals surface area contributed by atoms with E-state index in [2.05, 4.69) is 5.32 Å². The molecule has 192 valence electrons. The summed E-state index contributed by atoms with van der Waals surface area (Å²) in [5.41, 5.74) is 2.66. The Balaban J connectivity index is 1.96. The molecule has 3 rings (SSSR count). The topological polar surface area (TPSA) is 70.7 Å². The normalized spacial score (nSPS) is 10.3. The minimum atomic E-state index is 0.444. The third-order valence-electron chi connectivity index (χ3n) is 5.62. The molecule has 9 heteroatoms. The lowest BCUT2D eigenvalue weighted by Gasteiger charge is -2.28. The molecule has 0 bridgehead atoms. The maximum absolute atomic E-state index is 5.87. The first kappa shape index (κ1) is 26.7. The van der Waals surface area contributed by atoms with Gasteiger partial charge in [0.1, 0.15) is 17.2 Å². The Labute approximate surface area is 217 Å². The Morgan fingerprint density at radius 2 is 1.31 bits per heavy atom. The van der Waals surface area contributed by atoms with Crippen molar-refractivity contribution in [3.63, 3.8) is 0 Å². The van der Waals surface area contributed by atoms with Crippen LogP contribution >= 0.6 is 12.2 Å². The fourth-order valence-electron chi connectivity index (χ4n) is 3.74. The summed E-state index contributed by atoms with van der Waals surface area (Å²) in [6.07, 6.45) is 0. The van der Waals surface area contributed by atoms with Gasteiger partial charge in [-0.2, -0.15) is 0 Å². The van der Waals surface area contributed by atoms with Crippen molar-refractivity contribution >= 4 is 23.0 Å². The highest BCUT2D eigenvalue weighted by Gasteiger charge is 2.20. The SMILES string of the molecule is COc1ccc(CN(Cc2ccc(OC)c(OC)c2OC)C(=S)Nc2ccc(OC)cc2OC)cc1. The van der Waals surface area contributed by atoms with E-state index in [0.717, 1.165) is 22.6 Å². The van der Waals surface area contributed by atoms with Crippen LogP contribution in [0.15, 0.2) is 54.6 Å². The van der Waals surface area contributed by atoms with E-state index < -0.39 is 0 Å². The van der Waals surface area contributed by atoms with Crippen LogP contribution < -0.4 is 33.7 Å². The minimum absolute atomic E-state index is 0.444. The summed E-state index contributed by atoms with van der Waals surface area (Å²) in [7, 11) is 9.64. The van der Waals surface area contributed by atoms with Gasteiger partial charge >= 0.3 is 0 Å². The number of nitrogens with zero attached hydrogens (tertiary/aromatic N) is 1. The van der Waals surface area contributed by atoms with Gasteiger partial charge in [-0.05, 0) is 54.2 Å². The predicted molar refractivity (Wildman–Crippen MR) is 144 cm³/mol. The second-order valence-electron chi connectivity index (χ2n) is 7.69. The van der Waals surface area contributed by atoms with Crippen LogP contribution in [0.4, 0.5) is 5.69 Å². The number of thiocarbonyl (C=S) groups is 1. The maximum atomic E-state index is 5.87. The molecule has 0 radical (unpaired) electrons. The lowest BCUT2D eigenvalue weighted by molar-refractivity contribution is 0.316. The highest BCUT2D eigenvalue weighted by molar-refractivity contribution is 7.80. The van der Waals surface area contributed by atoms with Crippen LogP contribution in [0.5, 0.6) is 34.5 Å². The molecule has 0 aromatic heterocycles. The maximum Gasteiger partial charge on any atom is 0.203 e. The van der Waals surface area contributed by atoms with Crippen LogP contribution in [-0.2, 0) is 13.1 Å². The fraction of sp³-hybridized carbons (Fsp3) is 0.296. The second-order valence-corrected chi connectivity index (χ2v) is 8.08. The van der Waals surface area contributed by atoms with Crippen LogP contribution in [0.2, 0.25) is 0 Å². The molecule has 0 saturated heterocycles. The summed E-state index contributed by atoms with van der Waals surface area (Å²) in [4.78, 5) is 2.03. The number of anilines is 1. The number of nitrogens with one attached hydrogen (secondary N) is 1. The average molecular weight is 513 g/mol. The van der Waals surface area contributed by atoms with Gasteiger partial charge in [0.05, 0.1) is 48.3 Å². The molecular weight excluding hydrogens is 480 g/mol. The molecule has 8 nitrogen and oxygen atoms in total. The molecule has 0 atom stereocenters. The molecule has 0 saturated carbocycles. The van der Waals surface area contributed by atoms with Crippen LogP contribution in [0.3, 0.4) is 0 Å². The van der Waals surface area contributed by atoms with Crippen molar-refractivity contribution in [1.82, 2.24) is 4.90 Å². The van der Waals surface area contributed by atoms with Crippen molar-refractivity contribution in [3.05, 3.63) is 65.7 Å². The number of rotatable bonds is 11. The van der Waals surface area contributed by atoms with Crippen molar-refractivity contribution < 1.29 is 28.4 Å². The summed E-state index contributed by atoms with van der Waals surface area (Å²) in [5, 5.41) is 3.83. The Hall–Kier alpha value is -3.85. The van der Waals surface area contributed by atoms with Gasteiger partial charge in [0, 0.05) is 24.7 Å². The molecule has 0 fully saturated rings. The summed E-state index contributed by atoms with van der Waals surface area (Å²) in [6, 6.07) is 17.2. The molecule has 0 spiro atoms. The largest absolute Gasteiger partial charge is 0.497 e. The molecule has 1 N–H and O–H groups in total. The van der Waals surface area contributed by atoms with Gasteiger partial charge in [-0.3, -0.25) is 0 Å². The zero-order valence-electron chi connectivity index (χ0n) is 21.4. The zero-order valence-corrected chi connectivity index (χ0v) is 22.2. The Kier molecular flexibility index (Phi) is 9.46. The molecule has 36 heavy (non-hydrogen) atoms. The van der Waals surface area contributed by atoms with E-state index in [1.165, 1.54) is 0 Å². The molecule has 3 aromatic rings. The molecule has 0 aliphatic rings. The highest BCUT2D eigenvalue weighted by Crippen LogP contribution is 2.40. The fourth-order valence-corrected chi connectivity index (χ4v) is 3.98. The first-order valence-corrected chi connectivity index (χ1v) is 11.6. The van der Waals surface area contributed by atoms with Crippen molar-refractivity contribution in [2.75, 3.05) is 48.0 Å². The zero-order chi connectivity index (χ0) is 26.1. The van der Waals surface area contributed by atoms with Crippen molar-refractivity contribution in [2.24, 2.45) is 0 Å². The van der Waals surface area contributed by atoms with Gasteiger partial charge in [0.25, 0.3) is 0 Å². The standard InChI is InChI=1S/C27H32N2O6S/c1-30-20-10-7-18(8-11-20)16-29(17-19-9-14-23(32-3)26(35-6)25(19)34-5)27(36)28-22-13-12-21(31-2)15-24(22)33-4/h7-15H,16-17H2,1-6H3,(H,28,36). The summed E-state index contributed by atoms with van der Waals surface area (Å²) >= 11 is 5.87. The summed E-state index contributed by atoms with van der Waals surface area (Å²) in [5.74, 6) is 3.79. The van der Waals surface area contributed by atoms with E-state index in [1.54, 1.807) is 48.7 Å². The van der Waals surface area contributed by atoms with Gasteiger partial charge in [0.2, 0.25) is 5.75 Å². The monoisotopic (exact) mass is 512 g/mol. The number of hydrogen-bond donors (Lipinski definition) is 1. The lowest BCUT2D eigenvalue weighted by Crippen LogP contribution is -2.34. The molecular formula is C27H32N2O6S. The first-order valence-electron chi connectivity index (χ1n) is 11.2. The van der Waals surface area contributed by atoms with Gasteiger partial charge < -0.3 is 38.6 Å². The van der Waals surface area contributed by atoms with E-state index in [-0.39, 0.29) is 0 Å². The minimum Gasteiger partial charge on any atom is -0.497 e. The smallest absolute Gasteiger partial charge is 0.203 e. The van der Waals surface area contributed by atoms with E-state index in [1.807, 2.05) is 53.4 Å². The molecule has 0 aliphatic carbocycles. The van der Waals surface area contributed by atoms with E-state index in [9.17, 15) is 0 Å². The highest BCUT2D eigenvalue weighted by atomic mass is 32.1. The summed E-state index contributed by atoms with van der Waals surface area (Å²) in [6.45, 7) is 0.978. The van der Waals surface area contributed by atoms with Crippen molar-refractivity contribution in [1.29, 1.82) is 0 Å². The quantitative estimate of drug-likeness (QED) is 0.352. The lowest BCUT2D eigenvalue weighted by atomic mass is 10.1. The van der Waals surface area contributed by atoms with Gasteiger partial charge in [-0.25, -0.2) is 0 Å². The van der Waals surface area contributed by atoms with E-state index in [0.29, 0.717) is 46.9 Å². The van der Waals surface area contributed by atoms with Gasteiger partial charge in [0.15, 0.2) is 16.6 Å². The molecule has 0 aliphatic heterocycles. The number of methoxy groups -OCH3 is 6. The van der Waals surface area contributed by atoms with Crippen LogP contribution in [0, 0.1) is 0 Å². The Bertz CT molecular complexity index is 1170. The van der Waals surface area contributed by atoms with Crippen LogP contribution in [-0.4, -0.2) is 52.7 Å². The third-order valence-corrected chi connectivity index (χ3v) is 5.98. The summed E-state index contributed by atoms with van der Waals surface area (Å²) < 4.78 is 32.9. The van der Waals surface area contributed by atoms with E-state index >= 15 is 0 Å². The Morgan fingerprint density at radius 1 is 0.667 bits per heavy atom. The number of ether oxygens (including phenoxy) is 6. The second kappa shape index (κ2) is 12.7. The molecule has 0 amide bonds. The van der Waals surface area contributed by atoms with Crippen molar-refractivity contribution in [3.8, 4) is 34.5 Å². The molecule has 0 unspecified atom stereocenters. The van der Waals surface area contributed by atoms with Gasteiger partial charge in [-0.1, -0.05) is 12.1 Å². The average Bonchev–Trinajstić information content (AvgIpc) is 2.92. The number of hydrogen-bond acceptors (Lipinski definition) is 7.